The van der Waals surface area contributed by atoms with Crippen LogP contribution >= 0.6 is 22.7 Å². The highest BCUT2D eigenvalue weighted by molar-refractivity contribution is 7.18. The summed E-state index contributed by atoms with van der Waals surface area (Å²) in [6, 6.07) is 5.55. The second-order valence-corrected chi connectivity index (χ2v) is 10.1. The summed E-state index contributed by atoms with van der Waals surface area (Å²) in [5, 5.41) is 22.6. The summed E-state index contributed by atoms with van der Waals surface area (Å²) in [6.45, 7) is 1.83. The van der Waals surface area contributed by atoms with Gasteiger partial charge in [-0.3, -0.25) is 0 Å². The third-order valence-electron chi connectivity index (χ3n) is 6.02. The summed E-state index contributed by atoms with van der Waals surface area (Å²) >= 11 is 2.82. The number of hydrogen-bond donors (Lipinski definition) is 2. The van der Waals surface area contributed by atoms with Crippen LogP contribution in [0.4, 0.5) is 0 Å². The second kappa shape index (κ2) is 8.79. The molecule has 182 valence electrons. The van der Waals surface area contributed by atoms with Crippen molar-refractivity contribution in [3.8, 4) is 28.1 Å². The van der Waals surface area contributed by atoms with Gasteiger partial charge in [-0.15, -0.1) is 16.4 Å². The number of nitrogens with zero attached hydrogens (tertiary/aromatic N) is 4. The maximum Gasteiger partial charge on any atom is 0.294 e. The second-order valence-electron chi connectivity index (χ2n) is 8.29. The molecule has 10 nitrogen and oxygen atoms in total. The van der Waals surface area contributed by atoms with Crippen molar-refractivity contribution in [1.29, 1.82) is 0 Å². The highest BCUT2D eigenvalue weighted by Crippen LogP contribution is 2.38. The molecule has 0 aliphatic carbocycles. The van der Waals surface area contributed by atoms with Crippen LogP contribution in [0.1, 0.15) is 23.5 Å². The first-order valence-corrected chi connectivity index (χ1v) is 12.8. The lowest BCUT2D eigenvalue weighted by Gasteiger charge is -2.30. The van der Waals surface area contributed by atoms with Gasteiger partial charge in [0.15, 0.2) is 5.76 Å². The number of furan rings is 1. The molecule has 0 amide bonds. The van der Waals surface area contributed by atoms with Gasteiger partial charge >= 0.3 is 0 Å². The number of rotatable bonds is 7. The molecular weight excluding hydrogens is 490 g/mol. The number of aliphatic hydroxyl groups is 1. The van der Waals surface area contributed by atoms with E-state index >= 15 is 0 Å². The summed E-state index contributed by atoms with van der Waals surface area (Å²) in [5.74, 6) is 1.83. The molecule has 4 aromatic heterocycles. The summed E-state index contributed by atoms with van der Waals surface area (Å²) < 4.78 is 24.6. The first-order valence-electron chi connectivity index (χ1n) is 11.1. The van der Waals surface area contributed by atoms with Crippen molar-refractivity contribution in [2.75, 3.05) is 27.3 Å². The van der Waals surface area contributed by atoms with Crippen LogP contribution in [-0.4, -0.2) is 52.0 Å². The first kappa shape index (κ1) is 22.3. The zero-order chi connectivity index (χ0) is 24.0. The molecular formula is C23H23N5O5S2. The van der Waals surface area contributed by atoms with Crippen LogP contribution in [0.5, 0.6) is 16.7 Å². The van der Waals surface area contributed by atoms with E-state index in [1.807, 2.05) is 23.6 Å². The Bertz CT molecular complexity index is 1470. The lowest BCUT2D eigenvalue weighted by atomic mass is 9.93. The van der Waals surface area contributed by atoms with E-state index in [0.717, 1.165) is 29.2 Å². The van der Waals surface area contributed by atoms with Gasteiger partial charge in [0.1, 0.15) is 40.0 Å². The topological polar surface area (TPSA) is 116 Å². The highest BCUT2D eigenvalue weighted by Gasteiger charge is 2.34. The van der Waals surface area contributed by atoms with Crippen molar-refractivity contribution >= 4 is 38.6 Å². The molecule has 5 aromatic rings. The van der Waals surface area contributed by atoms with Gasteiger partial charge in [0.25, 0.3) is 5.19 Å². The SMILES string of the molecule is COc1cc(OCc2csc(C3(O)CCNCC3)n2)c2cc(-c3cn4nc(OC)sc4n3)oc2c1. The van der Waals surface area contributed by atoms with Gasteiger partial charge in [-0.1, -0.05) is 0 Å². The van der Waals surface area contributed by atoms with Gasteiger partial charge in [0.05, 0.1) is 31.5 Å². The van der Waals surface area contributed by atoms with E-state index in [-0.39, 0.29) is 6.61 Å². The van der Waals surface area contributed by atoms with Crippen molar-refractivity contribution in [1.82, 2.24) is 24.9 Å². The monoisotopic (exact) mass is 513 g/mol. The molecule has 2 N–H and O–H groups in total. The third kappa shape index (κ3) is 4.12. The Morgan fingerprint density at radius 3 is 2.80 bits per heavy atom. The summed E-state index contributed by atoms with van der Waals surface area (Å²) in [6.07, 6.45) is 3.11. The van der Waals surface area contributed by atoms with E-state index in [0.29, 0.717) is 51.5 Å². The number of aromatic nitrogens is 4. The highest BCUT2D eigenvalue weighted by atomic mass is 32.1. The Morgan fingerprint density at radius 2 is 2.03 bits per heavy atom. The van der Waals surface area contributed by atoms with Crippen LogP contribution in [0.3, 0.4) is 0 Å². The smallest absolute Gasteiger partial charge is 0.294 e. The molecule has 12 heteroatoms. The maximum absolute atomic E-state index is 10.9. The fourth-order valence-electron chi connectivity index (χ4n) is 4.12. The standard InChI is InChI=1S/C23H23N5O5S2/c1-30-14-7-17(32-11-13-12-34-20(25-13)23(29)3-5-24-6-4-23)15-9-19(33-18(15)8-14)16-10-28-21(26-16)35-22(27-28)31-2/h7-10,12,24,29H,3-6,11H2,1-2H3. The number of hydrogen-bond acceptors (Lipinski definition) is 11. The number of thiazole rings is 1. The molecule has 1 aliphatic heterocycles. The van der Waals surface area contributed by atoms with E-state index in [2.05, 4.69) is 20.4 Å². The molecule has 1 aliphatic rings. The molecule has 0 bridgehead atoms. The predicted molar refractivity (Wildman–Crippen MR) is 132 cm³/mol. The Balaban J connectivity index is 1.27. The lowest BCUT2D eigenvalue weighted by molar-refractivity contribution is 0.00553. The average molecular weight is 514 g/mol. The minimum Gasteiger partial charge on any atom is -0.496 e. The molecule has 1 saturated heterocycles. The molecule has 1 fully saturated rings. The van der Waals surface area contributed by atoms with Crippen LogP contribution in [0, 0.1) is 0 Å². The van der Waals surface area contributed by atoms with Crippen molar-refractivity contribution in [2.45, 2.75) is 25.0 Å². The molecule has 0 atom stereocenters. The van der Waals surface area contributed by atoms with Crippen LogP contribution in [0.2, 0.25) is 0 Å². The van der Waals surface area contributed by atoms with E-state index < -0.39 is 5.60 Å². The number of ether oxygens (including phenoxy) is 3. The quantitative estimate of drug-likeness (QED) is 0.335. The largest absolute Gasteiger partial charge is 0.496 e. The Kier molecular flexibility index (Phi) is 5.60. The van der Waals surface area contributed by atoms with Gasteiger partial charge < -0.3 is 29.1 Å². The molecule has 6 rings (SSSR count). The molecule has 0 radical (unpaired) electrons. The first-order chi connectivity index (χ1) is 17.0. The van der Waals surface area contributed by atoms with Crippen LogP contribution in [0.15, 0.2) is 34.2 Å². The molecule has 0 unspecified atom stereocenters. The summed E-state index contributed by atoms with van der Waals surface area (Å²) in [4.78, 5) is 9.97. The van der Waals surface area contributed by atoms with E-state index in [4.69, 9.17) is 18.6 Å². The molecule has 0 spiro atoms. The van der Waals surface area contributed by atoms with Crippen molar-refractivity contribution < 1.29 is 23.7 Å². The third-order valence-corrected chi connectivity index (χ3v) is 7.98. The fourth-order valence-corrected chi connectivity index (χ4v) is 5.78. The average Bonchev–Trinajstić information content (AvgIpc) is 3.65. The van der Waals surface area contributed by atoms with Crippen LogP contribution < -0.4 is 19.5 Å². The Hall–Kier alpha value is -3.19. The van der Waals surface area contributed by atoms with Gasteiger partial charge in [-0.05, 0) is 43.3 Å². The normalized spacial score (nSPS) is 15.6. The Morgan fingerprint density at radius 1 is 1.17 bits per heavy atom. The maximum atomic E-state index is 10.9. The zero-order valence-corrected chi connectivity index (χ0v) is 20.7. The van der Waals surface area contributed by atoms with Gasteiger partial charge in [0.2, 0.25) is 4.96 Å². The van der Waals surface area contributed by atoms with E-state index in [1.165, 1.54) is 22.7 Å². The van der Waals surface area contributed by atoms with Gasteiger partial charge in [-0.25, -0.2) is 14.5 Å². The summed E-state index contributed by atoms with van der Waals surface area (Å²) in [7, 11) is 3.18. The van der Waals surface area contributed by atoms with Crippen LogP contribution in [-0.2, 0) is 12.2 Å². The van der Waals surface area contributed by atoms with E-state index in [1.54, 1.807) is 24.9 Å². The molecule has 35 heavy (non-hydrogen) atoms. The number of imidazole rings is 1. The minimum atomic E-state index is -0.867. The molecule has 0 saturated carbocycles. The molecule has 5 heterocycles. The van der Waals surface area contributed by atoms with Gasteiger partial charge in [0, 0.05) is 17.5 Å². The summed E-state index contributed by atoms with van der Waals surface area (Å²) in [5.41, 5.74) is 1.19. The van der Waals surface area contributed by atoms with Crippen LogP contribution in [0.25, 0.3) is 27.4 Å². The van der Waals surface area contributed by atoms with Crippen molar-refractivity contribution in [3.63, 3.8) is 0 Å². The van der Waals surface area contributed by atoms with E-state index in [9.17, 15) is 5.11 Å². The molecule has 1 aromatic carbocycles. The number of piperidine rings is 1. The minimum absolute atomic E-state index is 0.261. The van der Waals surface area contributed by atoms with Crippen molar-refractivity contribution in [2.24, 2.45) is 0 Å². The zero-order valence-electron chi connectivity index (χ0n) is 19.1. The number of methoxy groups -OCH3 is 2. The number of benzene rings is 1. The van der Waals surface area contributed by atoms with Gasteiger partial charge in [-0.2, -0.15) is 0 Å². The Labute approximate surface area is 208 Å². The number of fused-ring (bicyclic) bond motifs is 2. The number of nitrogens with one attached hydrogen (secondary N) is 1. The fraction of sp³-hybridized carbons (Fsp3) is 0.348. The lowest BCUT2D eigenvalue weighted by Crippen LogP contribution is -2.39. The predicted octanol–water partition coefficient (Wildman–Crippen LogP) is 3.83. The van der Waals surface area contributed by atoms with Crippen molar-refractivity contribution in [3.05, 3.63) is 40.5 Å².